The molecule has 0 bridgehead atoms. The molecule has 0 aromatic heterocycles. The highest BCUT2D eigenvalue weighted by atomic mass is 16.5. The van der Waals surface area contributed by atoms with E-state index >= 15 is 0 Å². The lowest BCUT2D eigenvalue weighted by Crippen LogP contribution is -2.16. The van der Waals surface area contributed by atoms with Gasteiger partial charge in [-0.15, -0.1) is 0 Å². The summed E-state index contributed by atoms with van der Waals surface area (Å²) in [5.41, 5.74) is 2.24. The number of ether oxygens (including phenoxy) is 1. The van der Waals surface area contributed by atoms with E-state index in [1.165, 1.54) is 6.08 Å². The fraction of sp³-hybridized carbons (Fsp3) is 0.211. The molecule has 0 radical (unpaired) electrons. The Hall–Kier alpha value is -2.55. The standard InChI is InChI=1S/C19H21NO2/c1-3-20(4-2)15-14-19(21)22-18-12-10-17(11-13-18)16-8-6-5-7-9-16/h5-15H,3-4H2,1-2H3. The fourth-order valence-corrected chi connectivity index (χ4v) is 2.10. The predicted molar refractivity (Wildman–Crippen MR) is 89.6 cm³/mol. The van der Waals surface area contributed by atoms with E-state index in [0.717, 1.165) is 24.2 Å². The summed E-state index contributed by atoms with van der Waals surface area (Å²) >= 11 is 0. The summed E-state index contributed by atoms with van der Waals surface area (Å²) in [6.45, 7) is 5.82. The topological polar surface area (TPSA) is 29.5 Å². The maximum Gasteiger partial charge on any atom is 0.337 e. The van der Waals surface area contributed by atoms with Gasteiger partial charge in [-0.3, -0.25) is 0 Å². The second kappa shape index (κ2) is 8.03. The minimum absolute atomic E-state index is 0.362. The number of carbonyl (C=O) groups excluding carboxylic acids is 1. The molecule has 0 unspecified atom stereocenters. The van der Waals surface area contributed by atoms with Crippen molar-refractivity contribution in [3.8, 4) is 16.9 Å². The van der Waals surface area contributed by atoms with Crippen molar-refractivity contribution in [3.05, 3.63) is 66.9 Å². The Bertz CT molecular complexity index is 614. The predicted octanol–water partition coefficient (Wildman–Crippen LogP) is 4.11. The normalized spacial score (nSPS) is 10.6. The van der Waals surface area contributed by atoms with Gasteiger partial charge >= 0.3 is 5.97 Å². The minimum atomic E-state index is -0.362. The van der Waals surface area contributed by atoms with Gasteiger partial charge in [0.1, 0.15) is 5.75 Å². The SMILES string of the molecule is CCN(C=CC(=O)Oc1ccc(-c2ccccc2)cc1)CC. The van der Waals surface area contributed by atoms with Gasteiger partial charge in [0, 0.05) is 25.4 Å². The Morgan fingerprint density at radius 1 is 0.955 bits per heavy atom. The summed E-state index contributed by atoms with van der Waals surface area (Å²) in [6.07, 6.45) is 3.22. The molecule has 0 aliphatic carbocycles. The van der Waals surface area contributed by atoms with Crippen molar-refractivity contribution in [2.24, 2.45) is 0 Å². The lowest BCUT2D eigenvalue weighted by molar-refractivity contribution is -0.129. The Labute approximate surface area is 131 Å². The molecule has 3 nitrogen and oxygen atoms in total. The van der Waals surface area contributed by atoms with E-state index in [2.05, 4.69) is 0 Å². The molecule has 0 amide bonds. The van der Waals surface area contributed by atoms with Crippen molar-refractivity contribution in [1.29, 1.82) is 0 Å². The maximum absolute atomic E-state index is 11.8. The number of benzene rings is 2. The monoisotopic (exact) mass is 295 g/mol. The maximum atomic E-state index is 11.8. The number of hydrogen-bond donors (Lipinski definition) is 0. The molecule has 2 aromatic carbocycles. The van der Waals surface area contributed by atoms with E-state index < -0.39 is 0 Å². The third kappa shape index (κ3) is 4.48. The van der Waals surface area contributed by atoms with Gasteiger partial charge < -0.3 is 9.64 Å². The van der Waals surface area contributed by atoms with Gasteiger partial charge in [0.2, 0.25) is 0 Å². The molecule has 2 aromatic rings. The van der Waals surface area contributed by atoms with Crippen LogP contribution in [0.1, 0.15) is 13.8 Å². The Morgan fingerprint density at radius 3 is 2.14 bits per heavy atom. The van der Waals surface area contributed by atoms with Gasteiger partial charge in [0.25, 0.3) is 0 Å². The van der Waals surface area contributed by atoms with Crippen molar-refractivity contribution >= 4 is 5.97 Å². The van der Waals surface area contributed by atoms with Gasteiger partial charge in [-0.25, -0.2) is 4.79 Å². The molecule has 0 fully saturated rings. The van der Waals surface area contributed by atoms with E-state index in [-0.39, 0.29) is 5.97 Å². The number of hydrogen-bond acceptors (Lipinski definition) is 3. The first-order valence-electron chi connectivity index (χ1n) is 7.52. The van der Waals surface area contributed by atoms with Crippen LogP contribution in [0.3, 0.4) is 0 Å². The van der Waals surface area contributed by atoms with Crippen LogP contribution in [-0.4, -0.2) is 24.0 Å². The molecular weight excluding hydrogens is 274 g/mol. The molecule has 0 spiro atoms. The van der Waals surface area contributed by atoms with Crippen LogP contribution in [0, 0.1) is 0 Å². The van der Waals surface area contributed by atoms with Crippen LogP contribution >= 0.6 is 0 Å². The summed E-state index contributed by atoms with van der Waals surface area (Å²) in [5.74, 6) is 0.188. The van der Waals surface area contributed by atoms with E-state index in [9.17, 15) is 4.79 Å². The third-order valence-corrected chi connectivity index (χ3v) is 3.41. The Balaban J connectivity index is 1.98. The van der Waals surface area contributed by atoms with Crippen LogP contribution in [0.5, 0.6) is 5.75 Å². The van der Waals surface area contributed by atoms with Gasteiger partial charge in [-0.2, -0.15) is 0 Å². The van der Waals surface area contributed by atoms with Gasteiger partial charge in [0.15, 0.2) is 0 Å². The van der Waals surface area contributed by atoms with Crippen LogP contribution in [-0.2, 0) is 4.79 Å². The average molecular weight is 295 g/mol. The highest BCUT2D eigenvalue weighted by Gasteiger charge is 2.02. The van der Waals surface area contributed by atoms with Gasteiger partial charge in [-0.1, -0.05) is 42.5 Å². The molecule has 0 N–H and O–H groups in total. The lowest BCUT2D eigenvalue weighted by atomic mass is 10.1. The van der Waals surface area contributed by atoms with Gasteiger partial charge in [-0.05, 0) is 37.1 Å². The number of carbonyl (C=O) groups is 1. The number of nitrogens with zero attached hydrogens (tertiary/aromatic N) is 1. The Kier molecular flexibility index (Phi) is 5.78. The molecule has 0 saturated carbocycles. The minimum Gasteiger partial charge on any atom is -0.423 e. The van der Waals surface area contributed by atoms with Crippen molar-refractivity contribution in [2.75, 3.05) is 13.1 Å². The zero-order valence-corrected chi connectivity index (χ0v) is 13.0. The molecule has 22 heavy (non-hydrogen) atoms. The zero-order chi connectivity index (χ0) is 15.8. The zero-order valence-electron chi connectivity index (χ0n) is 13.0. The van der Waals surface area contributed by atoms with Crippen LogP contribution in [0.25, 0.3) is 11.1 Å². The summed E-state index contributed by atoms with van der Waals surface area (Å²) in [5, 5.41) is 0. The number of esters is 1. The van der Waals surface area contributed by atoms with Crippen LogP contribution in [0.2, 0.25) is 0 Å². The molecule has 0 heterocycles. The fourth-order valence-electron chi connectivity index (χ4n) is 2.10. The van der Waals surface area contributed by atoms with Crippen molar-refractivity contribution in [2.45, 2.75) is 13.8 Å². The summed E-state index contributed by atoms with van der Waals surface area (Å²) in [6, 6.07) is 17.6. The van der Waals surface area contributed by atoms with E-state index in [0.29, 0.717) is 5.75 Å². The summed E-state index contributed by atoms with van der Waals surface area (Å²) in [4.78, 5) is 13.8. The lowest BCUT2D eigenvalue weighted by Gasteiger charge is -2.14. The van der Waals surface area contributed by atoms with Crippen LogP contribution in [0.15, 0.2) is 66.9 Å². The molecule has 0 aliphatic rings. The first-order chi connectivity index (χ1) is 10.7. The molecule has 0 saturated heterocycles. The second-order valence-electron chi connectivity index (χ2n) is 4.85. The molecular formula is C19H21NO2. The highest BCUT2D eigenvalue weighted by Crippen LogP contribution is 2.22. The van der Waals surface area contributed by atoms with Crippen molar-refractivity contribution < 1.29 is 9.53 Å². The van der Waals surface area contributed by atoms with E-state index in [4.69, 9.17) is 4.74 Å². The van der Waals surface area contributed by atoms with E-state index in [1.54, 1.807) is 6.20 Å². The summed E-state index contributed by atoms with van der Waals surface area (Å²) < 4.78 is 5.29. The molecule has 0 atom stereocenters. The molecule has 114 valence electrons. The average Bonchev–Trinajstić information content (AvgIpc) is 2.57. The Morgan fingerprint density at radius 2 is 1.55 bits per heavy atom. The second-order valence-corrected chi connectivity index (χ2v) is 4.85. The third-order valence-electron chi connectivity index (χ3n) is 3.41. The first kappa shape index (κ1) is 15.8. The quantitative estimate of drug-likeness (QED) is 0.456. The number of rotatable bonds is 6. The molecule has 2 rings (SSSR count). The first-order valence-corrected chi connectivity index (χ1v) is 7.52. The highest BCUT2D eigenvalue weighted by molar-refractivity contribution is 5.84. The molecule has 3 heteroatoms. The van der Waals surface area contributed by atoms with Gasteiger partial charge in [0.05, 0.1) is 0 Å². The molecule has 0 aliphatic heterocycles. The summed E-state index contributed by atoms with van der Waals surface area (Å²) in [7, 11) is 0. The largest absolute Gasteiger partial charge is 0.423 e. The van der Waals surface area contributed by atoms with Crippen LogP contribution < -0.4 is 4.74 Å². The van der Waals surface area contributed by atoms with Crippen molar-refractivity contribution in [3.63, 3.8) is 0 Å². The smallest absolute Gasteiger partial charge is 0.337 e. The van der Waals surface area contributed by atoms with Crippen molar-refractivity contribution in [1.82, 2.24) is 4.90 Å². The van der Waals surface area contributed by atoms with E-state index in [1.807, 2.05) is 73.3 Å². The van der Waals surface area contributed by atoms with Crippen LogP contribution in [0.4, 0.5) is 0 Å².